The van der Waals surface area contributed by atoms with Gasteiger partial charge >= 0.3 is 0 Å². The van der Waals surface area contributed by atoms with Crippen molar-refractivity contribution >= 4 is 9.84 Å². The van der Waals surface area contributed by atoms with Gasteiger partial charge in [-0.3, -0.25) is 0 Å². The third-order valence-corrected chi connectivity index (χ3v) is 4.55. The smallest absolute Gasteiger partial charge is 0.175 e. The third-order valence-electron chi connectivity index (χ3n) is 2.37. The summed E-state index contributed by atoms with van der Waals surface area (Å²) in [6, 6.07) is 0. The summed E-state index contributed by atoms with van der Waals surface area (Å²) >= 11 is 0. The number of hydrogen-bond donors (Lipinski definition) is 0. The molecule has 1 atom stereocenters. The van der Waals surface area contributed by atoms with Crippen molar-refractivity contribution in [2.75, 3.05) is 13.6 Å². The summed E-state index contributed by atoms with van der Waals surface area (Å²) in [5.74, 6) is 0. The van der Waals surface area contributed by atoms with E-state index in [2.05, 4.69) is 30.0 Å². The SMILES string of the molecule is CCCCN1[SiH2]N(C)C1C. The molecule has 1 aliphatic rings. The van der Waals surface area contributed by atoms with E-state index in [1.807, 2.05) is 0 Å². The van der Waals surface area contributed by atoms with Gasteiger partial charge in [0.2, 0.25) is 0 Å². The maximum Gasteiger partial charge on any atom is 0.175 e. The minimum absolute atomic E-state index is 0.0422. The fourth-order valence-corrected chi connectivity index (χ4v) is 2.94. The first-order valence-electron chi connectivity index (χ1n) is 4.20. The summed E-state index contributed by atoms with van der Waals surface area (Å²) in [6.07, 6.45) is 3.46. The zero-order valence-corrected chi connectivity index (χ0v) is 8.71. The second-order valence-electron chi connectivity index (χ2n) is 3.20. The molecule has 0 N–H and O–H groups in total. The molecule has 0 aromatic carbocycles. The van der Waals surface area contributed by atoms with E-state index >= 15 is 0 Å². The van der Waals surface area contributed by atoms with Gasteiger partial charge in [-0.1, -0.05) is 13.3 Å². The van der Waals surface area contributed by atoms with Gasteiger partial charge in [0, 0.05) is 6.17 Å². The van der Waals surface area contributed by atoms with Crippen LogP contribution < -0.4 is 0 Å². The monoisotopic (exact) mass is 158 g/mol. The van der Waals surface area contributed by atoms with Gasteiger partial charge in [-0.05, 0) is 26.9 Å². The molecule has 0 aliphatic carbocycles. The molecule has 60 valence electrons. The predicted molar refractivity (Wildman–Crippen MR) is 47.4 cm³/mol. The van der Waals surface area contributed by atoms with Crippen molar-refractivity contribution in [3.05, 3.63) is 0 Å². The molecule has 1 fully saturated rings. The van der Waals surface area contributed by atoms with Crippen LogP contribution in [0.4, 0.5) is 0 Å². The Hall–Kier alpha value is 0.137. The molecule has 1 heterocycles. The molecule has 0 amide bonds. The van der Waals surface area contributed by atoms with Gasteiger partial charge in [0.1, 0.15) is 0 Å². The van der Waals surface area contributed by atoms with Crippen LogP contribution in [0.2, 0.25) is 0 Å². The van der Waals surface area contributed by atoms with Crippen LogP contribution in [-0.4, -0.2) is 38.7 Å². The highest BCUT2D eigenvalue weighted by atomic mass is 28.2. The van der Waals surface area contributed by atoms with Crippen molar-refractivity contribution in [1.29, 1.82) is 0 Å². The average molecular weight is 158 g/mol. The second-order valence-corrected chi connectivity index (χ2v) is 5.29. The van der Waals surface area contributed by atoms with Gasteiger partial charge < -0.3 is 9.13 Å². The Labute approximate surface area is 66.2 Å². The highest BCUT2D eigenvalue weighted by molar-refractivity contribution is 6.31. The Kier molecular flexibility index (Phi) is 2.89. The lowest BCUT2D eigenvalue weighted by Crippen LogP contribution is -2.63. The standard InChI is InChI=1S/C7H18N2Si/c1-4-5-6-9-7(2)8(3)10-9/h7H,4-6,10H2,1-3H3. The number of nitrogens with zero attached hydrogens (tertiary/aromatic N) is 2. The van der Waals surface area contributed by atoms with Crippen LogP contribution in [0.15, 0.2) is 0 Å². The molecule has 2 nitrogen and oxygen atoms in total. The van der Waals surface area contributed by atoms with Gasteiger partial charge in [0.25, 0.3) is 0 Å². The largest absolute Gasteiger partial charge is 0.305 e. The molecular formula is C7H18N2Si. The topological polar surface area (TPSA) is 6.48 Å². The minimum atomic E-state index is 0.0422. The van der Waals surface area contributed by atoms with Crippen molar-refractivity contribution in [1.82, 2.24) is 9.13 Å². The molecule has 0 spiro atoms. The Morgan fingerprint density at radius 3 is 2.60 bits per heavy atom. The van der Waals surface area contributed by atoms with Crippen molar-refractivity contribution < 1.29 is 0 Å². The normalized spacial score (nSPS) is 30.9. The molecule has 0 aromatic rings. The maximum atomic E-state index is 2.64. The van der Waals surface area contributed by atoms with Crippen LogP contribution in [-0.2, 0) is 0 Å². The lowest BCUT2D eigenvalue weighted by atomic mass is 10.3. The maximum absolute atomic E-state index is 2.64. The lowest BCUT2D eigenvalue weighted by molar-refractivity contribution is 0.133. The van der Waals surface area contributed by atoms with Crippen LogP contribution in [0.1, 0.15) is 26.7 Å². The second kappa shape index (κ2) is 3.51. The quantitative estimate of drug-likeness (QED) is 0.548. The van der Waals surface area contributed by atoms with Crippen LogP contribution in [0.25, 0.3) is 0 Å². The van der Waals surface area contributed by atoms with Crippen LogP contribution >= 0.6 is 0 Å². The molecule has 1 unspecified atom stereocenters. The number of unbranched alkanes of at least 4 members (excludes halogenated alkanes) is 1. The molecule has 10 heavy (non-hydrogen) atoms. The summed E-state index contributed by atoms with van der Waals surface area (Å²) < 4.78 is 5.14. The van der Waals surface area contributed by atoms with E-state index in [1.54, 1.807) is 0 Å². The molecule has 0 saturated carbocycles. The Morgan fingerprint density at radius 2 is 2.20 bits per heavy atom. The van der Waals surface area contributed by atoms with Crippen LogP contribution in [0.3, 0.4) is 0 Å². The molecule has 1 aliphatic heterocycles. The van der Waals surface area contributed by atoms with E-state index in [4.69, 9.17) is 0 Å². The molecule has 0 aromatic heterocycles. The van der Waals surface area contributed by atoms with Gasteiger partial charge in [-0.2, -0.15) is 0 Å². The summed E-state index contributed by atoms with van der Waals surface area (Å²) in [5.41, 5.74) is 0. The molecule has 0 bridgehead atoms. The first-order valence-corrected chi connectivity index (χ1v) is 5.46. The van der Waals surface area contributed by atoms with Crippen molar-refractivity contribution in [2.24, 2.45) is 0 Å². The van der Waals surface area contributed by atoms with Crippen molar-refractivity contribution in [3.63, 3.8) is 0 Å². The number of hydrogen-bond acceptors (Lipinski definition) is 2. The predicted octanol–water partition coefficient (Wildman–Crippen LogP) is 0.379. The van der Waals surface area contributed by atoms with Gasteiger partial charge in [-0.25, -0.2) is 0 Å². The third kappa shape index (κ3) is 1.59. The molecule has 3 heteroatoms. The average Bonchev–Trinajstić information content (AvgIpc) is 1.97. The van der Waals surface area contributed by atoms with Crippen LogP contribution in [0, 0.1) is 0 Å². The van der Waals surface area contributed by atoms with Crippen molar-refractivity contribution in [3.8, 4) is 0 Å². The number of rotatable bonds is 3. The van der Waals surface area contributed by atoms with E-state index in [0.717, 1.165) is 6.17 Å². The zero-order chi connectivity index (χ0) is 7.56. The minimum Gasteiger partial charge on any atom is -0.305 e. The Bertz CT molecular complexity index is 108. The molecule has 0 radical (unpaired) electrons. The van der Waals surface area contributed by atoms with E-state index < -0.39 is 0 Å². The van der Waals surface area contributed by atoms with Crippen LogP contribution in [0.5, 0.6) is 0 Å². The Balaban J connectivity index is 2.08. The van der Waals surface area contributed by atoms with Gasteiger partial charge in [0.15, 0.2) is 9.84 Å². The zero-order valence-electron chi connectivity index (χ0n) is 7.30. The highest BCUT2D eigenvalue weighted by Crippen LogP contribution is 2.13. The molecule has 1 saturated heterocycles. The molecular weight excluding hydrogens is 140 g/mol. The lowest BCUT2D eigenvalue weighted by Gasteiger charge is -2.47. The van der Waals surface area contributed by atoms with E-state index in [-0.39, 0.29) is 9.84 Å². The summed E-state index contributed by atoms with van der Waals surface area (Å²) in [7, 11) is 2.28. The fraction of sp³-hybridized carbons (Fsp3) is 1.00. The summed E-state index contributed by atoms with van der Waals surface area (Å²) in [4.78, 5) is 0. The van der Waals surface area contributed by atoms with E-state index in [0.29, 0.717) is 0 Å². The first kappa shape index (κ1) is 8.24. The summed E-state index contributed by atoms with van der Waals surface area (Å²) in [5, 5.41) is 0. The van der Waals surface area contributed by atoms with Gasteiger partial charge in [-0.15, -0.1) is 0 Å². The van der Waals surface area contributed by atoms with Crippen molar-refractivity contribution in [2.45, 2.75) is 32.9 Å². The highest BCUT2D eigenvalue weighted by Gasteiger charge is 2.28. The molecule has 1 rings (SSSR count). The summed E-state index contributed by atoms with van der Waals surface area (Å²) in [6.45, 7) is 5.90. The van der Waals surface area contributed by atoms with Gasteiger partial charge in [0.05, 0.1) is 0 Å². The Morgan fingerprint density at radius 1 is 1.50 bits per heavy atom. The van der Waals surface area contributed by atoms with E-state index in [9.17, 15) is 0 Å². The first-order chi connectivity index (χ1) is 4.75. The van der Waals surface area contributed by atoms with E-state index in [1.165, 1.54) is 19.4 Å². The fourth-order valence-electron chi connectivity index (χ4n) is 1.32.